The number of hydrogen-bond acceptors (Lipinski definition) is 0. The molecule has 0 radical (unpaired) electrons. The topological polar surface area (TPSA) is 0 Å². The van der Waals surface area contributed by atoms with Crippen LogP contribution in [0.3, 0.4) is 0 Å². The third kappa shape index (κ3) is 4.26. The van der Waals surface area contributed by atoms with Crippen LogP contribution < -0.4 is 0 Å². The summed E-state index contributed by atoms with van der Waals surface area (Å²) >= 11 is -3.39. The van der Waals surface area contributed by atoms with Crippen molar-refractivity contribution in [3.8, 4) is 0 Å². The molecule has 2 heteroatoms. The van der Waals surface area contributed by atoms with E-state index in [-0.39, 0.29) is 0 Å². The molecule has 2 unspecified atom stereocenters. The van der Waals surface area contributed by atoms with E-state index < -0.39 is 23.9 Å². The Morgan fingerprint density at radius 3 is 1.41 bits per heavy atom. The Morgan fingerprint density at radius 1 is 0.706 bits per heavy atom. The number of fused-ring (bicyclic) bond motifs is 2. The van der Waals surface area contributed by atoms with Crippen molar-refractivity contribution in [1.29, 1.82) is 0 Å². The SMILES string of the molecule is CC1=Cc2cc(CC(C)C)ccc2[CH]1[Zr]([CH3])([CH3])([CH]1C(C)=Cc2cc(CC(C)C)ccc21)[SiH](C)C. The first-order valence-electron chi connectivity index (χ1n) is 13.6. The number of allylic oxidation sites excluding steroid dienone is 2. The molecule has 2 aliphatic rings. The normalized spacial score (nSPS) is 20.9. The van der Waals surface area contributed by atoms with Crippen LogP contribution in [0.15, 0.2) is 47.5 Å². The fraction of sp³-hybridized carbons (Fsp3) is 0.500. The summed E-state index contributed by atoms with van der Waals surface area (Å²) in [6.45, 7) is 19.6. The second kappa shape index (κ2) is 9.15. The molecule has 183 valence electrons. The molecular formula is C32H47SiZr. The molecule has 2 aromatic carbocycles. The molecule has 0 N–H and O–H groups in total. The fourth-order valence-corrected chi connectivity index (χ4v) is 38.4. The van der Waals surface area contributed by atoms with Crippen molar-refractivity contribution in [2.45, 2.75) is 84.0 Å². The summed E-state index contributed by atoms with van der Waals surface area (Å²) < 4.78 is 7.06. The van der Waals surface area contributed by atoms with Crippen molar-refractivity contribution in [3.63, 3.8) is 0 Å². The summed E-state index contributed by atoms with van der Waals surface area (Å²) in [4.78, 5) is 0. The van der Waals surface area contributed by atoms with Gasteiger partial charge in [-0.2, -0.15) is 0 Å². The Morgan fingerprint density at radius 2 is 1.09 bits per heavy atom. The number of hydrogen-bond donors (Lipinski definition) is 0. The van der Waals surface area contributed by atoms with Gasteiger partial charge in [-0.1, -0.05) is 0 Å². The first-order chi connectivity index (χ1) is 15.8. The zero-order valence-electron chi connectivity index (χ0n) is 23.4. The Bertz CT molecular complexity index is 1080. The van der Waals surface area contributed by atoms with Gasteiger partial charge in [0.2, 0.25) is 0 Å². The van der Waals surface area contributed by atoms with E-state index in [0.29, 0.717) is 19.1 Å². The number of rotatable bonds is 7. The van der Waals surface area contributed by atoms with Crippen LogP contribution in [0, 0.1) is 11.8 Å². The monoisotopic (exact) mass is 549 g/mol. The molecule has 2 aliphatic carbocycles. The minimum atomic E-state index is -3.39. The summed E-state index contributed by atoms with van der Waals surface area (Å²) in [7, 11) is 0. The first-order valence-corrected chi connectivity index (χ1v) is 28.5. The molecule has 0 amide bonds. The van der Waals surface area contributed by atoms with Crippen LogP contribution in [0.25, 0.3) is 12.2 Å². The van der Waals surface area contributed by atoms with Gasteiger partial charge in [-0.15, -0.1) is 0 Å². The maximum absolute atomic E-state index is 3.39. The second-order valence-corrected chi connectivity index (χ2v) is 51.5. The summed E-state index contributed by atoms with van der Waals surface area (Å²) in [6.07, 6.45) is 7.46. The molecule has 0 nitrogen and oxygen atoms in total. The van der Waals surface area contributed by atoms with E-state index in [9.17, 15) is 0 Å². The van der Waals surface area contributed by atoms with E-state index in [0.717, 1.165) is 0 Å². The zero-order chi connectivity index (χ0) is 25.0. The van der Waals surface area contributed by atoms with Crippen molar-refractivity contribution in [2.75, 3.05) is 0 Å². The molecule has 0 aliphatic heterocycles. The maximum atomic E-state index is 2.86. The van der Waals surface area contributed by atoms with Gasteiger partial charge in [0, 0.05) is 0 Å². The molecule has 0 fully saturated rings. The fourth-order valence-electron chi connectivity index (χ4n) is 7.62. The van der Waals surface area contributed by atoms with Crippen molar-refractivity contribution in [2.24, 2.45) is 11.8 Å². The summed E-state index contributed by atoms with van der Waals surface area (Å²) in [5.41, 5.74) is 12.6. The molecule has 2 aromatic rings. The molecule has 4 rings (SSSR count). The Kier molecular flexibility index (Phi) is 7.02. The van der Waals surface area contributed by atoms with Crippen LogP contribution in [-0.4, -0.2) is 5.92 Å². The number of benzene rings is 2. The Balaban J connectivity index is 1.84. The zero-order valence-corrected chi connectivity index (χ0v) is 27.0. The van der Waals surface area contributed by atoms with Gasteiger partial charge in [0.15, 0.2) is 0 Å². The first kappa shape index (κ1) is 26.1. The van der Waals surface area contributed by atoms with Gasteiger partial charge in [-0.25, -0.2) is 0 Å². The van der Waals surface area contributed by atoms with Gasteiger partial charge >= 0.3 is 213 Å². The van der Waals surface area contributed by atoms with Crippen LogP contribution in [0.5, 0.6) is 0 Å². The second-order valence-electron chi connectivity index (χ2n) is 13.7. The van der Waals surface area contributed by atoms with Crippen molar-refractivity contribution >= 4 is 18.1 Å². The Hall–Kier alpha value is -0.980. The summed E-state index contributed by atoms with van der Waals surface area (Å²) in [5.74, 6) is 0.445. The van der Waals surface area contributed by atoms with Crippen LogP contribution in [0.2, 0.25) is 22.4 Å². The van der Waals surface area contributed by atoms with Crippen molar-refractivity contribution in [1.82, 2.24) is 0 Å². The summed E-state index contributed by atoms with van der Waals surface area (Å²) in [5, 5.41) is 0. The third-order valence-corrected chi connectivity index (χ3v) is 56.7. The van der Waals surface area contributed by atoms with Crippen molar-refractivity contribution in [3.05, 3.63) is 80.9 Å². The van der Waals surface area contributed by atoms with Gasteiger partial charge in [-0.3, -0.25) is 0 Å². The third-order valence-electron chi connectivity index (χ3n) is 9.53. The van der Waals surface area contributed by atoms with Crippen molar-refractivity contribution < 1.29 is 17.9 Å². The van der Waals surface area contributed by atoms with Gasteiger partial charge in [0.1, 0.15) is 0 Å². The predicted octanol–water partition coefficient (Wildman–Crippen LogP) is 9.47. The molecular weight excluding hydrogens is 504 g/mol. The molecule has 0 bridgehead atoms. The molecule has 0 aromatic heterocycles. The molecule has 0 saturated carbocycles. The van der Waals surface area contributed by atoms with E-state index in [4.69, 9.17) is 0 Å². The van der Waals surface area contributed by atoms with Crippen LogP contribution in [0.1, 0.15) is 82.2 Å². The van der Waals surface area contributed by atoms with Gasteiger partial charge < -0.3 is 0 Å². The average molecular weight is 551 g/mol. The minimum absolute atomic E-state index is 0.672. The van der Waals surface area contributed by atoms with E-state index >= 15 is 0 Å². The standard InChI is InChI=1S/2C14H17.C2H7Si.2CH3.Zr/c2*1-10(2)6-12-4-5-13-7-11(3)8-14(13)9-12;1-3-2;;;/h2*4-5,7-10H,6H2,1-3H3;3H,1-2H3;2*1H3;. The molecule has 0 spiro atoms. The van der Waals surface area contributed by atoms with E-state index in [1.165, 1.54) is 35.1 Å². The molecule has 0 heterocycles. The van der Waals surface area contributed by atoms with E-state index in [2.05, 4.69) is 112 Å². The van der Waals surface area contributed by atoms with Gasteiger partial charge in [-0.05, 0) is 0 Å². The summed E-state index contributed by atoms with van der Waals surface area (Å²) in [6, 6.07) is 15.0. The van der Waals surface area contributed by atoms with Crippen LogP contribution in [0.4, 0.5) is 0 Å². The van der Waals surface area contributed by atoms with E-state index in [1.54, 1.807) is 22.3 Å². The van der Waals surface area contributed by atoms with Crippen LogP contribution >= 0.6 is 0 Å². The molecule has 2 atom stereocenters. The predicted molar refractivity (Wildman–Crippen MR) is 153 cm³/mol. The molecule has 0 saturated heterocycles. The Labute approximate surface area is 211 Å². The van der Waals surface area contributed by atoms with Gasteiger partial charge in [0.05, 0.1) is 0 Å². The molecule has 34 heavy (non-hydrogen) atoms. The van der Waals surface area contributed by atoms with Crippen LogP contribution in [-0.2, 0) is 30.8 Å². The van der Waals surface area contributed by atoms with E-state index in [1.807, 2.05) is 0 Å². The average Bonchev–Trinajstić information content (AvgIpc) is 3.22. The quantitative estimate of drug-likeness (QED) is 0.301. The van der Waals surface area contributed by atoms with Gasteiger partial charge in [0.25, 0.3) is 0 Å².